The highest BCUT2D eigenvalue weighted by molar-refractivity contribution is 6.02. The van der Waals surface area contributed by atoms with Gasteiger partial charge in [-0.2, -0.15) is 13.2 Å². The van der Waals surface area contributed by atoms with Gasteiger partial charge in [-0.15, -0.1) is 0 Å². The van der Waals surface area contributed by atoms with Crippen molar-refractivity contribution in [3.05, 3.63) is 22.9 Å². The van der Waals surface area contributed by atoms with Crippen molar-refractivity contribution in [1.29, 1.82) is 0 Å². The maximum Gasteiger partial charge on any atom is 0.405 e. The first-order valence-corrected chi connectivity index (χ1v) is 6.36. The van der Waals surface area contributed by atoms with Crippen LogP contribution in [0.5, 0.6) is 0 Å². The third-order valence-corrected chi connectivity index (χ3v) is 2.93. The molecule has 0 spiro atoms. The van der Waals surface area contributed by atoms with Crippen LogP contribution in [-0.4, -0.2) is 34.8 Å². The topological polar surface area (TPSA) is 74.7 Å². The van der Waals surface area contributed by atoms with Crippen molar-refractivity contribution in [3.8, 4) is 0 Å². The summed E-state index contributed by atoms with van der Waals surface area (Å²) in [6, 6.07) is 1.22. The van der Waals surface area contributed by atoms with Crippen molar-refractivity contribution < 1.29 is 18.4 Å². The number of rotatable bonds is 4. The number of alkyl halides is 3. The first-order chi connectivity index (χ1) is 9.56. The number of anilines is 1. The molecule has 0 bridgehead atoms. The van der Waals surface area contributed by atoms with E-state index in [2.05, 4.69) is 10.1 Å². The number of nitrogens with zero attached hydrogens (tertiary/aromatic N) is 3. The van der Waals surface area contributed by atoms with Crippen molar-refractivity contribution in [2.75, 3.05) is 11.4 Å². The van der Waals surface area contributed by atoms with E-state index < -0.39 is 18.8 Å². The van der Waals surface area contributed by atoms with Crippen LogP contribution >= 0.6 is 0 Å². The average Bonchev–Trinajstić information content (AvgIpc) is 2.32. The predicted molar refractivity (Wildman–Crippen MR) is 74.8 cm³/mol. The molecule has 8 heteroatoms. The molecule has 1 aromatic heterocycles. The Labute approximate surface area is 121 Å². The molecule has 0 amide bonds. The first kappa shape index (κ1) is 17.1. The number of amidine groups is 1. The van der Waals surface area contributed by atoms with Crippen LogP contribution < -0.4 is 10.6 Å². The van der Waals surface area contributed by atoms with E-state index in [4.69, 9.17) is 10.9 Å². The van der Waals surface area contributed by atoms with Crippen LogP contribution in [0, 0.1) is 13.8 Å². The lowest BCUT2D eigenvalue weighted by atomic mass is 10.1. The van der Waals surface area contributed by atoms with E-state index in [0.29, 0.717) is 11.3 Å². The second-order valence-electron chi connectivity index (χ2n) is 5.10. The molecule has 0 saturated heterocycles. The minimum Gasteiger partial charge on any atom is -0.409 e. The lowest BCUT2D eigenvalue weighted by Gasteiger charge is -2.31. The molecule has 3 N–H and O–H groups in total. The molecule has 0 radical (unpaired) electrons. The molecule has 118 valence electrons. The maximum absolute atomic E-state index is 12.8. The Balaban J connectivity index is 3.50. The fourth-order valence-corrected chi connectivity index (χ4v) is 2.09. The highest BCUT2D eigenvalue weighted by atomic mass is 19.4. The van der Waals surface area contributed by atoms with Crippen LogP contribution in [0.1, 0.15) is 30.7 Å². The molecule has 0 aliphatic heterocycles. The van der Waals surface area contributed by atoms with Gasteiger partial charge in [-0.3, -0.25) is 0 Å². The molecule has 0 unspecified atom stereocenters. The largest absolute Gasteiger partial charge is 0.409 e. The Bertz CT molecular complexity index is 541. The van der Waals surface area contributed by atoms with Gasteiger partial charge in [0.05, 0.1) is 5.56 Å². The molecule has 0 aliphatic carbocycles. The molecule has 5 nitrogen and oxygen atoms in total. The fourth-order valence-electron chi connectivity index (χ4n) is 2.09. The van der Waals surface area contributed by atoms with Crippen molar-refractivity contribution in [3.63, 3.8) is 0 Å². The molecule has 0 aliphatic rings. The highest BCUT2D eigenvalue weighted by Crippen LogP contribution is 2.28. The van der Waals surface area contributed by atoms with Crippen molar-refractivity contribution in [2.24, 2.45) is 10.9 Å². The molecule has 0 aromatic carbocycles. The van der Waals surface area contributed by atoms with Crippen LogP contribution in [0.4, 0.5) is 19.0 Å². The predicted octanol–water partition coefficient (Wildman–Crippen LogP) is 2.57. The third kappa shape index (κ3) is 4.24. The van der Waals surface area contributed by atoms with E-state index in [1.54, 1.807) is 33.8 Å². The van der Waals surface area contributed by atoms with E-state index in [1.807, 2.05) is 0 Å². The van der Waals surface area contributed by atoms with Crippen LogP contribution in [-0.2, 0) is 0 Å². The lowest BCUT2D eigenvalue weighted by molar-refractivity contribution is -0.120. The van der Waals surface area contributed by atoms with Gasteiger partial charge in [-0.1, -0.05) is 5.16 Å². The molecule has 0 fully saturated rings. The molecular weight excluding hydrogens is 285 g/mol. The second-order valence-corrected chi connectivity index (χ2v) is 5.10. The zero-order valence-electron chi connectivity index (χ0n) is 12.4. The monoisotopic (exact) mass is 304 g/mol. The number of hydrogen-bond acceptors (Lipinski definition) is 4. The second kappa shape index (κ2) is 6.19. The zero-order valence-corrected chi connectivity index (χ0v) is 12.4. The molecule has 0 atom stereocenters. The van der Waals surface area contributed by atoms with Crippen LogP contribution in [0.3, 0.4) is 0 Å². The Morgan fingerprint density at radius 2 is 2.00 bits per heavy atom. The summed E-state index contributed by atoms with van der Waals surface area (Å²) in [5.41, 5.74) is 6.97. The van der Waals surface area contributed by atoms with Crippen molar-refractivity contribution in [1.82, 2.24) is 4.98 Å². The summed E-state index contributed by atoms with van der Waals surface area (Å²) in [5, 5.41) is 11.7. The van der Waals surface area contributed by atoms with Crippen LogP contribution in [0.15, 0.2) is 11.2 Å². The van der Waals surface area contributed by atoms with E-state index >= 15 is 0 Å². The number of aromatic nitrogens is 1. The summed E-state index contributed by atoms with van der Waals surface area (Å²) < 4.78 is 38.4. The quantitative estimate of drug-likeness (QED) is 0.388. The highest BCUT2D eigenvalue weighted by Gasteiger charge is 2.34. The van der Waals surface area contributed by atoms with Gasteiger partial charge in [0, 0.05) is 11.7 Å². The Kier molecular flexibility index (Phi) is 5.03. The molecular formula is C13H19F3N4O. The summed E-state index contributed by atoms with van der Waals surface area (Å²) in [7, 11) is 0. The van der Waals surface area contributed by atoms with Gasteiger partial charge in [0.15, 0.2) is 5.84 Å². The number of oxime groups is 1. The average molecular weight is 304 g/mol. The van der Waals surface area contributed by atoms with Gasteiger partial charge in [-0.05, 0) is 39.3 Å². The fraction of sp³-hybridized carbons (Fsp3) is 0.538. The number of halogens is 3. The summed E-state index contributed by atoms with van der Waals surface area (Å²) in [6.45, 7) is 5.45. The van der Waals surface area contributed by atoms with Crippen LogP contribution in [0.2, 0.25) is 0 Å². The normalized spacial score (nSPS) is 12.9. The van der Waals surface area contributed by atoms with Gasteiger partial charge >= 0.3 is 6.18 Å². The van der Waals surface area contributed by atoms with Crippen LogP contribution in [0.25, 0.3) is 0 Å². The maximum atomic E-state index is 12.8. The molecule has 1 aromatic rings. The zero-order chi connectivity index (χ0) is 16.4. The summed E-state index contributed by atoms with van der Waals surface area (Å²) in [4.78, 5) is 5.25. The minimum absolute atomic E-state index is 0.0649. The number of nitrogens with two attached hydrogens (primary N) is 1. The number of hydrogen-bond donors (Lipinski definition) is 2. The van der Waals surface area contributed by atoms with Crippen molar-refractivity contribution in [2.45, 2.75) is 39.9 Å². The Morgan fingerprint density at radius 3 is 2.43 bits per heavy atom. The molecule has 21 heavy (non-hydrogen) atoms. The summed E-state index contributed by atoms with van der Waals surface area (Å²) in [6.07, 6.45) is -4.38. The summed E-state index contributed by atoms with van der Waals surface area (Å²) >= 11 is 0. The Morgan fingerprint density at radius 1 is 1.43 bits per heavy atom. The van der Waals surface area contributed by atoms with Gasteiger partial charge in [0.1, 0.15) is 12.4 Å². The van der Waals surface area contributed by atoms with Crippen molar-refractivity contribution >= 4 is 11.7 Å². The number of aryl methyl sites for hydroxylation is 2. The molecule has 1 heterocycles. The smallest absolute Gasteiger partial charge is 0.405 e. The van der Waals surface area contributed by atoms with E-state index in [0.717, 1.165) is 4.90 Å². The standard InChI is InChI=1S/C13H19F3N4O/c1-7(2)20(6-13(14,15)16)12-10(11(17)19-21)8(3)5-9(4)18-12/h5,7,21H,6H2,1-4H3,(H2,17,19). The van der Waals surface area contributed by atoms with Gasteiger partial charge in [0.2, 0.25) is 0 Å². The molecule has 1 rings (SSSR count). The van der Waals surface area contributed by atoms with E-state index in [1.165, 1.54) is 0 Å². The van der Waals surface area contributed by atoms with E-state index in [-0.39, 0.29) is 17.2 Å². The summed E-state index contributed by atoms with van der Waals surface area (Å²) in [5.74, 6) is -0.196. The Hall–Kier alpha value is -1.99. The molecule has 0 saturated carbocycles. The SMILES string of the molecule is Cc1cc(C)c(C(N)=NO)c(N(CC(F)(F)F)C(C)C)n1. The van der Waals surface area contributed by atoms with Gasteiger partial charge in [-0.25, -0.2) is 4.98 Å². The van der Waals surface area contributed by atoms with E-state index in [9.17, 15) is 13.2 Å². The lowest BCUT2D eigenvalue weighted by Crippen LogP contribution is -2.41. The van der Waals surface area contributed by atoms with Gasteiger partial charge < -0.3 is 15.8 Å². The number of pyridine rings is 1. The minimum atomic E-state index is -4.38. The van der Waals surface area contributed by atoms with Gasteiger partial charge in [0.25, 0.3) is 0 Å². The third-order valence-electron chi connectivity index (χ3n) is 2.93. The first-order valence-electron chi connectivity index (χ1n) is 6.36.